The number of rotatable bonds is 5. The first-order chi connectivity index (χ1) is 11.7. The van der Waals surface area contributed by atoms with E-state index in [1.807, 2.05) is 7.05 Å². The van der Waals surface area contributed by atoms with Crippen LogP contribution in [-0.4, -0.2) is 60.8 Å². The zero-order chi connectivity index (χ0) is 16.8. The monoisotopic (exact) mass is 464 g/mol. The minimum absolute atomic E-state index is 0. The molecule has 1 saturated heterocycles. The van der Waals surface area contributed by atoms with Crippen LogP contribution in [0.1, 0.15) is 64.2 Å². The number of nitrogens with zero attached hydrogens (tertiary/aromatic N) is 2. The van der Waals surface area contributed by atoms with Gasteiger partial charge >= 0.3 is 0 Å². The van der Waals surface area contributed by atoms with Crippen molar-refractivity contribution in [1.82, 2.24) is 15.5 Å². The van der Waals surface area contributed by atoms with Crippen LogP contribution in [0.4, 0.5) is 0 Å². The summed E-state index contributed by atoms with van der Waals surface area (Å²) in [5, 5.41) is 17.6. The molecule has 2 saturated carbocycles. The van der Waals surface area contributed by atoms with Crippen LogP contribution < -0.4 is 10.6 Å². The van der Waals surface area contributed by atoms with E-state index in [4.69, 9.17) is 0 Å². The fourth-order valence-corrected chi connectivity index (χ4v) is 4.70. The second kappa shape index (κ2) is 10.3. The van der Waals surface area contributed by atoms with Gasteiger partial charge in [-0.25, -0.2) is 0 Å². The first-order valence-corrected chi connectivity index (χ1v) is 10.1. The van der Waals surface area contributed by atoms with E-state index in [1.165, 1.54) is 51.6 Å². The van der Waals surface area contributed by atoms with Gasteiger partial charge in [-0.15, -0.1) is 24.0 Å². The van der Waals surface area contributed by atoms with E-state index in [-0.39, 0.29) is 24.0 Å². The molecule has 6 heteroatoms. The number of halogens is 1. The molecular formula is C19H37IN4O. The average Bonchev–Trinajstić information content (AvgIpc) is 3.25. The van der Waals surface area contributed by atoms with Gasteiger partial charge in [0.2, 0.25) is 0 Å². The van der Waals surface area contributed by atoms with Crippen LogP contribution in [0.25, 0.3) is 0 Å². The Balaban J connectivity index is 0.00000225. The predicted octanol–water partition coefficient (Wildman–Crippen LogP) is 2.73. The third kappa shape index (κ3) is 6.54. The van der Waals surface area contributed by atoms with E-state index in [1.54, 1.807) is 0 Å². The maximum atomic E-state index is 10.6. The third-order valence-corrected chi connectivity index (χ3v) is 6.20. The number of aliphatic hydroxyl groups is 1. The van der Waals surface area contributed by atoms with Gasteiger partial charge in [-0.1, -0.05) is 32.1 Å². The van der Waals surface area contributed by atoms with Crippen LogP contribution in [-0.2, 0) is 0 Å². The van der Waals surface area contributed by atoms with Crippen molar-refractivity contribution in [1.29, 1.82) is 0 Å². The molecule has 0 aromatic heterocycles. The highest BCUT2D eigenvalue weighted by Crippen LogP contribution is 2.28. The Morgan fingerprint density at radius 3 is 2.52 bits per heavy atom. The molecule has 146 valence electrons. The molecule has 3 fully saturated rings. The average molecular weight is 464 g/mol. The highest BCUT2D eigenvalue weighted by molar-refractivity contribution is 14.0. The number of hydrogen-bond donors (Lipinski definition) is 3. The molecule has 2 aliphatic carbocycles. The molecule has 1 atom stereocenters. The first kappa shape index (κ1) is 21.2. The van der Waals surface area contributed by atoms with Crippen LogP contribution in [0.15, 0.2) is 4.99 Å². The van der Waals surface area contributed by atoms with Gasteiger partial charge in [0.15, 0.2) is 5.96 Å². The number of nitrogens with one attached hydrogen (secondary N) is 2. The Morgan fingerprint density at radius 2 is 1.84 bits per heavy atom. The molecule has 25 heavy (non-hydrogen) atoms. The van der Waals surface area contributed by atoms with Crippen molar-refractivity contribution in [2.45, 2.75) is 75.9 Å². The molecule has 0 aromatic carbocycles. The summed E-state index contributed by atoms with van der Waals surface area (Å²) in [6, 6.07) is 0.485. The molecule has 0 bridgehead atoms. The van der Waals surface area contributed by atoms with Crippen LogP contribution in [0.3, 0.4) is 0 Å². The summed E-state index contributed by atoms with van der Waals surface area (Å²) in [5.41, 5.74) is -0.542. The largest absolute Gasteiger partial charge is 0.388 e. The van der Waals surface area contributed by atoms with E-state index in [0.717, 1.165) is 44.1 Å². The van der Waals surface area contributed by atoms with E-state index in [2.05, 4.69) is 20.5 Å². The van der Waals surface area contributed by atoms with E-state index < -0.39 is 5.60 Å². The Kier molecular flexibility index (Phi) is 8.75. The van der Waals surface area contributed by atoms with Gasteiger partial charge in [-0.2, -0.15) is 0 Å². The van der Waals surface area contributed by atoms with Gasteiger partial charge in [0.1, 0.15) is 0 Å². The number of guanidine groups is 1. The van der Waals surface area contributed by atoms with Crippen LogP contribution >= 0.6 is 24.0 Å². The van der Waals surface area contributed by atoms with Crippen LogP contribution in [0, 0.1) is 5.92 Å². The van der Waals surface area contributed by atoms with Gasteiger partial charge in [0, 0.05) is 39.3 Å². The van der Waals surface area contributed by atoms with E-state index in [9.17, 15) is 5.11 Å². The summed E-state index contributed by atoms with van der Waals surface area (Å²) < 4.78 is 0. The summed E-state index contributed by atoms with van der Waals surface area (Å²) in [6.45, 7) is 4.23. The molecule has 0 radical (unpaired) electrons. The number of likely N-dealkylation sites (tertiary alicyclic amines) is 1. The molecule has 3 rings (SSSR count). The Morgan fingerprint density at radius 1 is 1.12 bits per heavy atom. The topological polar surface area (TPSA) is 59.9 Å². The first-order valence-electron chi connectivity index (χ1n) is 10.1. The summed E-state index contributed by atoms with van der Waals surface area (Å²) >= 11 is 0. The van der Waals surface area contributed by atoms with Crippen molar-refractivity contribution < 1.29 is 5.11 Å². The maximum Gasteiger partial charge on any atom is 0.191 e. The maximum absolute atomic E-state index is 10.6. The lowest BCUT2D eigenvalue weighted by molar-refractivity contribution is 0.00856. The van der Waals surface area contributed by atoms with Gasteiger partial charge in [-0.3, -0.25) is 4.99 Å². The lowest BCUT2D eigenvalue weighted by Gasteiger charge is -2.33. The van der Waals surface area contributed by atoms with Crippen molar-refractivity contribution in [3.8, 4) is 0 Å². The van der Waals surface area contributed by atoms with Gasteiger partial charge in [0.25, 0.3) is 0 Å². The smallest absolute Gasteiger partial charge is 0.191 e. The molecule has 0 amide bonds. The lowest BCUT2D eigenvalue weighted by atomic mass is 9.85. The van der Waals surface area contributed by atoms with Crippen molar-refractivity contribution in [3.05, 3.63) is 0 Å². The van der Waals surface area contributed by atoms with Gasteiger partial charge in [-0.05, 0) is 38.0 Å². The van der Waals surface area contributed by atoms with E-state index >= 15 is 0 Å². The van der Waals surface area contributed by atoms with Gasteiger partial charge < -0.3 is 20.6 Å². The third-order valence-electron chi connectivity index (χ3n) is 6.20. The molecule has 1 aliphatic heterocycles. The normalized spacial score (nSPS) is 27.9. The fourth-order valence-electron chi connectivity index (χ4n) is 4.70. The molecule has 3 N–H and O–H groups in total. The zero-order valence-corrected chi connectivity index (χ0v) is 18.1. The molecule has 5 nitrogen and oxygen atoms in total. The molecule has 1 heterocycles. The standard InChI is InChI=1S/C19H36N4O.HI/c1-20-18(21-15-19(24)10-5-2-6-11-19)22-17-9-12-23(14-17)13-16-7-3-4-8-16;/h16-17,24H,2-15H2,1H3,(H2,20,21,22);1H. The SMILES string of the molecule is CN=C(NCC1(O)CCCCC1)NC1CCN(CC2CCCC2)C1.I. The predicted molar refractivity (Wildman–Crippen MR) is 115 cm³/mol. The molecular weight excluding hydrogens is 427 g/mol. The van der Waals surface area contributed by atoms with Gasteiger partial charge in [0.05, 0.1) is 5.60 Å². The second-order valence-electron chi connectivity index (χ2n) is 8.25. The van der Waals surface area contributed by atoms with Crippen molar-refractivity contribution in [3.63, 3.8) is 0 Å². The number of aliphatic imine (C=N–C) groups is 1. The summed E-state index contributed by atoms with van der Waals surface area (Å²) in [4.78, 5) is 6.98. The zero-order valence-electron chi connectivity index (χ0n) is 15.8. The summed E-state index contributed by atoms with van der Waals surface area (Å²) in [5.74, 6) is 1.78. The Bertz CT molecular complexity index is 420. The fraction of sp³-hybridized carbons (Fsp3) is 0.947. The molecule has 1 unspecified atom stereocenters. The summed E-state index contributed by atoms with van der Waals surface area (Å²) in [6.07, 6.45) is 12.3. The van der Waals surface area contributed by atoms with Crippen molar-refractivity contribution in [2.24, 2.45) is 10.9 Å². The molecule has 0 spiro atoms. The quantitative estimate of drug-likeness (QED) is 0.333. The minimum Gasteiger partial charge on any atom is -0.388 e. The van der Waals surface area contributed by atoms with Crippen molar-refractivity contribution >= 4 is 29.9 Å². The summed E-state index contributed by atoms with van der Waals surface area (Å²) in [7, 11) is 1.82. The highest BCUT2D eigenvalue weighted by Gasteiger charge is 2.30. The van der Waals surface area contributed by atoms with Crippen molar-refractivity contribution in [2.75, 3.05) is 33.2 Å². The molecule has 3 aliphatic rings. The van der Waals surface area contributed by atoms with Crippen LogP contribution in [0.2, 0.25) is 0 Å². The highest BCUT2D eigenvalue weighted by atomic mass is 127. The Hall–Kier alpha value is -0.0800. The minimum atomic E-state index is -0.542. The molecule has 0 aromatic rings. The number of hydrogen-bond acceptors (Lipinski definition) is 3. The van der Waals surface area contributed by atoms with Crippen LogP contribution in [0.5, 0.6) is 0 Å². The second-order valence-corrected chi connectivity index (χ2v) is 8.25. The Labute approximate surface area is 170 Å². The van der Waals surface area contributed by atoms with E-state index in [0.29, 0.717) is 12.6 Å². The lowest BCUT2D eigenvalue weighted by Crippen LogP contribution is -2.50.